The SMILES string of the molecule is CCCCCCCCCCCCCC[n+]1cccc2cc(C)ccc21. The number of hydrogen-bond donors (Lipinski definition) is 0. The molecule has 0 aliphatic carbocycles. The van der Waals surface area contributed by atoms with Gasteiger partial charge in [-0.2, -0.15) is 4.57 Å². The van der Waals surface area contributed by atoms with Crippen LogP contribution in [0.3, 0.4) is 0 Å². The molecule has 25 heavy (non-hydrogen) atoms. The van der Waals surface area contributed by atoms with E-state index in [1.807, 2.05) is 0 Å². The van der Waals surface area contributed by atoms with Gasteiger partial charge in [-0.1, -0.05) is 82.8 Å². The zero-order valence-corrected chi connectivity index (χ0v) is 16.6. The summed E-state index contributed by atoms with van der Waals surface area (Å²) in [6.07, 6.45) is 19.2. The largest absolute Gasteiger partial charge is 0.212 e. The quantitative estimate of drug-likeness (QED) is 0.269. The molecule has 0 unspecified atom stereocenters. The summed E-state index contributed by atoms with van der Waals surface area (Å²) in [6, 6.07) is 11.2. The van der Waals surface area contributed by atoms with Crippen LogP contribution in [0.4, 0.5) is 0 Å². The second-order valence-electron chi connectivity index (χ2n) is 7.65. The molecule has 0 atom stereocenters. The molecule has 0 bridgehead atoms. The molecule has 1 heteroatoms. The Morgan fingerprint density at radius 2 is 1.32 bits per heavy atom. The van der Waals surface area contributed by atoms with Gasteiger partial charge in [0.05, 0.1) is 0 Å². The second-order valence-corrected chi connectivity index (χ2v) is 7.65. The van der Waals surface area contributed by atoms with E-state index in [0.29, 0.717) is 0 Å². The average Bonchev–Trinajstić information content (AvgIpc) is 2.62. The maximum Gasteiger partial charge on any atom is 0.212 e. The molecule has 2 rings (SSSR count). The van der Waals surface area contributed by atoms with Gasteiger partial charge in [-0.05, 0) is 25.5 Å². The van der Waals surface area contributed by atoms with Gasteiger partial charge in [0.15, 0.2) is 6.20 Å². The monoisotopic (exact) mass is 340 g/mol. The normalized spacial score (nSPS) is 11.3. The molecule has 0 saturated carbocycles. The van der Waals surface area contributed by atoms with Crippen LogP contribution in [0, 0.1) is 6.92 Å². The molecule has 0 radical (unpaired) electrons. The molecule has 0 saturated heterocycles. The van der Waals surface area contributed by atoms with Crippen molar-refractivity contribution in [2.24, 2.45) is 0 Å². The highest BCUT2D eigenvalue weighted by Gasteiger charge is 2.07. The van der Waals surface area contributed by atoms with Crippen molar-refractivity contribution in [2.75, 3.05) is 0 Å². The average molecular weight is 341 g/mol. The molecular formula is C24H38N+. The Balaban J connectivity index is 1.54. The topological polar surface area (TPSA) is 3.88 Å². The molecule has 2 aromatic rings. The van der Waals surface area contributed by atoms with Crippen LogP contribution < -0.4 is 4.57 Å². The Morgan fingerprint density at radius 1 is 0.720 bits per heavy atom. The van der Waals surface area contributed by atoms with Gasteiger partial charge in [-0.3, -0.25) is 0 Å². The van der Waals surface area contributed by atoms with Crippen LogP contribution in [0.25, 0.3) is 10.9 Å². The summed E-state index contributed by atoms with van der Waals surface area (Å²) in [5.41, 5.74) is 2.71. The van der Waals surface area contributed by atoms with Gasteiger partial charge in [0, 0.05) is 23.9 Å². The van der Waals surface area contributed by atoms with Crippen molar-refractivity contribution in [3.63, 3.8) is 0 Å². The molecule has 1 heterocycles. The van der Waals surface area contributed by atoms with Gasteiger partial charge < -0.3 is 0 Å². The molecule has 0 aliphatic rings. The van der Waals surface area contributed by atoms with Crippen LogP contribution in [-0.4, -0.2) is 0 Å². The van der Waals surface area contributed by atoms with E-state index in [0.717, 1.165) is 6.54 Å². The summed E-state index contributed by atoms with van der Waals surface area (Å²) in [7, 11) is 0. The maximum atomic E-state index is 2.42. The first-order valence-corrected chi connectivity index (χ1v) is 10.7. The predicted molar refractivity (Wildman–Crippen MR) is 110 cm³/mol. The molecule has 1 aromatic heterocycles. The Hall–Kier alpha value is -1.37. The summed E-state index contributed by atoms with van der Waals surface area (Å²) in [5, 5.41) is 1.36. The number of benzene rings is 1. The second kappa shape index (κ2) is 12.1. The molecule has 1 aromatic carbocycles. The van der Waals surface area contributed by atoms with E-state index in [9.17, 15) is 0 Å². The van der Waals surface area contributed by atoms with Crippen molar-refractivity contribution in [3.05, 3.63) is 42.1 Å². The van der Waals surface area contributed by atoms with Crippen molar-refractivity contribution >= 4 is 10.9 Å². The van der Waals surface area contributed by atoms with Gasteiger partial charge in [-0.25, -0.2) is 0 Å². The van der Waals surface area contributed by atoms with Crippen LogP contribution >= 0.6 is 0 Å². The first kappa shape index (κ1) is 19.9. The molecule has 0 amide bonds. The fraction of sp³-hybridized carbons (Fsp3) is 0.625. The maximum absolute atomic E-state index is 2.42. The van der Waals surface area contributed by atoms with Crippen molar-refractivity contribution in [3.8, 4) is 0 Å². The number of nitrogens with zero attached hydrogens (tertiary/aromatic N) is 1. The van der Waals surface area contributed by atoms with Crippen molar-refractivity contribution < 1.29 is 4.57 Å². The number of aryl methyl sites for hydroxylation is 2. The van der Waals surface area contributed by atoms with Crippen LogP contribution in [0.2, 0.25) is 0 Å². The summed E-state index contributed by atoms with van der Waals surface area (Å²) >= 11 is 0. The summed E-state index contributed by atoms with van der Waals surface area (Å²) in [5.74, 6) is 0. The Morgan fingerprint density at radius 3 is 1.96 bits per heavy atom. The van der Waals surface area contributed by atoms with Gasteiger partial charge in [0.25, 0.3) is 0 Å². The third kappa shape index (κ3) is 7.59. The van der Waals surface area contributed by atoms with Gasteiger partial charge in [-0.15, -0.1) is 0 Å². The van der Waals surface area contributed by atoms with Crippen LogP contribution in [0.1, 0.15) is 89.5 Å². The van der Waals surface area contributed by atoms with Crippen LogP contribution in [0.15, 0.2) is 36.5 Å². The number of aromatic nitrogens is 1. The lowest BCUT2D eigenvalue weighted by molar-refractivity contribution is -0.671. The number of rotatable bonds is 13. The number of pyridine rings is 1. The van der Waals surface area contributed by atoms with Gasteiger partial charge in [0.1, 0.15) is 6.54 Å². The van der Waals surface area contributed by atoms with E-state index in [1.165, 1.54) is 93.5 Å². The molecule has 0 aliphatic heterocycles. The van der Waals surface area contributed by atoms with Crippen LogP contribution in [-0.2, 0) is 6.54 Å². The summed E-state index contributed by atoms with van der Waals surface area (Å²) in [6.45, 7) is 5.61. The minimum absolute atomic E-state index is 1.15. The number of fused-ring (bicyclic) bond motifs is 1. The Bertz CT molecular complexity index is 602. The molecule has 0 fully saturated rings. The first-order valence-electron chi connectivity index (χ1n) is 10.7. The minimum Gasteiger partial charge on any atom is -0.198 e. The fourth-order valence-electron chi connectivity index (χ4n) is 3.72. The van der Waals surface area contributed by atoms with Crippen molar-refractivity contribution in [1.29, 1.82) is 0 Å². The molecule has 1 nitrogen and oxygen atoms in total. The van der Waals surface area contributed by atoms with E-state index in [1.54, 1.807) is 0 Å². The zero-order chi connectivity index (χ0) is 17.7. The highest BCUT2D eigenvalue weighted by Crippen LogP contribution is 2.13. The molecule has 0 N–H and O–H groups in total. The summed E-state index contributed by atoms with van der Waals surface area (Å²) < 4.78 is 2.42. The Kier molecular flexibility index (Phi) is 9.62. The third-order valence-corrected chi connectivity index (χ3v) is 5.29. The zero-order valence-electron chi connectivity index (χ0n) is 16.6. The summed E-state index contributed by atoms with van der Waals surface area (Å²) in [4.78, 5) is 0. The van der Waals surface area contributed by atoms with E-state index in [4.69, 9.17) is 0 Å². The highest BCUT2D eigenvalue weighted by atomic mass is 14.9. The highest BCUT2D eigenvalue weighted by molar-refractivity contribution is 5.76. The lowest BCUT2D eigenvalue weighted by Crippen LogP contribution is -2.33. The number of hydrogen-bond acceptors (Lipinski definition) is 0. The van der Waals surface area contributed by atoms with Gasteiger partial charge >= 0.3 is 0 Å². The smallest absolute Gasteiger partial charge is 0.198 e. The van der Waals surface area contributed by atoms with E-state index < -0.39 is 0 Å². The fourth-order valence-corrected chi connectivity index (χ4v) is 3.72. The first-order chi connectivity index (χ1) is 12.3. The van der Waals surface area contributed by atoms with Gasteiger partial charge in [0.2, 0.25) is 5.52 Å². The predicted octanol–water partition coefficient (Wildman–Crippen LogP) is 7.14. The van der Waals surface area contributed by atoms with E-state index in [2.05, 4.69) is 54.9 Å². The number of unbranched alkanes of at least 4 members (excludes halogenated alkanes) is 11. The van der Waals surface area contributed by atoms with E-state index in [-0.39, 0.29) is 0 Å². The van der Waals surface area contributed by atoms with Crippen LogP contribution in [0.5, 0.6) is 0 Å². The van der Waals surface area contributed by atoms with E-state index >= 15 is 0 Å². The van der Waals surface area contributed by atoms with Crippen molar-refractivity contribution in [1.82, 2.24) is 0 Å². The molecule has 0 spiro atoms. The minimum atomic E-state index is 1.15. The lowest BCUT2D eigenvalue weighted by atomic mass is 10.1. The lowest BCUT2D eigenvalue weighted by Gasteiger charge is -2.04. The Labute approximate surface area is 155 Å². The van der Waals surface area contributed by atoms with Crippen molar-refractivity contribution in [2.45, 2.75) is 97.4 Å². The molecular weight excluding hydrogens is 302 g/mol. The standard InChI is InChI=1S/C24H38N/c1-3-4-5-6-7-8-9-10-11-12-13-14-19-25-20-15-16-23-21-22(2)17-18-24(23)25/h15-18,20-21H,3-14,19H2,1-2H3/q+1. The third-order valence-electron chi connectivity index (χ3n) is 5.29. The molecule has 138 valence electrons.